The number of hydrogen-bond acceptors (Lipinski definition) is 4. The van der Waals surface area contributed by atoms with Crippen molar-refractivity contribution in [2.24, 2.45) is 0 Å². The van der Waals surface area contributed by atoms with Crippen LogP contribution >= 0.6 is 0 Å². The number of urea groups is 1. The predicted molar refractivity (Wildman–Crippen MR) is 104 cm³/mol. The van der Waals surface area contributed by atoms with Crippen molar-refractivity contribution >= 4 is 22.7 Å². The van der Waals surface area contributed by atoms with Gasteiger partial charge in [0.2, 0.25) is 0 Å². The molecule has 2 aromatic rings. The molecule has 3 rings (SSSR count). The molecule has 0 aliphatic carbocycles. The van der Waals surface area contributed by atoms with Crippen LogP contribution in [0.2, 0.25) is 0 Å². The van der Waals surface area contributed by atoms with Crippen LogP contribution in [-0.4, -0.2) is 46.7 Å². The van der Waals surface area contributed by atoms with Crippen LogP contribution in [0.25, 0.3) is 10.8 Å². The summed E-state index contributed by atoms with van der Waals surface area (Å²) in [5.41, 5.74) is -0.886. The lowest BCUT2D eigenvalue weighted by atomic mass is 9.95. The van der Waals surface area contributed by atoms with Gasteiger partial charge >= 0.3 is 6.03 Å². The molecule has 3 amide bonds. The number of benzene rings is 2. The number of aliphatic hydroxyl groups excluding tert-OH is 1. The Morgan fingerprint density at radius 1 is 1.19 bits per heavy atom. The molecule has 0 saturated carbocycles. The van der Waals surface area contributed by atoms with Crippen LogP contribution in [-0.2, 0) is 4.79 Å². The Bertz CT molecular complexity index is 833. The summed E-state index contributed by atoms with van der Waals surface area (Å²) in [4.78, 5) is 25.9. The zero-order valence-electron chi connectivity index (χ0n) is 15.8. The van der Waals surface area contributed by atoms with Crippen molar-refractivity contribution in [2.45, 2.75) is 44.8 Å². The fourth-order valence-electron chi connectivity index (χ4n) is 3.38. The molecule has 1 aliphatic heterocycles. The third kappa shape index (κ3) is 4.06. The quantitative estimate of drug-likeness (QED) is 0.700. The third-order valence-electron chi connectivity index (χ3n) is 4.95. The lowest BCUT2D eigenvalue weighted by Gasteiger charge is -2.22. The van der Waals surface area contributed by atoms with Gasteiger partial charge in [-0.15, -0.1) is 0 Å². The van der Waals surface area contributed by atoms with Gasteiger partial charge in [0.05, 0.1) is 6.54 Å². The van der Waals surface area contributed by atoms with E-state index >= 15 is 0 Å². The number of fused-ring (bicyclic) bond motifs is 1. The molecule has 2 unspecified atom stereocenters. The summed E-state index contributed by atoms with van der Waals surface area (Å²) in [6.45, 7) is 3.69. The summed E-state index contributed by atoms with van der Waals surface area (Å²) < 4.78 is 5.76. The van der Waals surface area contributed by atoms with Crippen molar-refractivity contribution in [3.8, 4) is 5.75 Å². The number of β-amino-alcohol motifs (C(OH)–C–C–N with tert-alkyl or cyclic N) is 1. The van der Waals surface area contributed by atoms with Crippen LogP contribution in [0.1, 0.15) is 33.1 Å². The normalized spacial score (nSPS) is 20.8. The Kier molecular flexibility index (Phi) is 5.65. The van der Waals surface area contributed by atoms with Crippen molar-refractivity contribution in [1.82, 2.24) is 10.2 Å². The van der Waals surface area contributed by atoms with E-state index in [1.807, 2.05) is 49.4 Å². The van der Waals surface area contributed by atoms with Gasteiger partial charge < -0.3 is 15.2 Å². The predicted octanol–water partition coefficient (Wildman–Crippen LogP) is 3.08. The number of imide groups is 1. The van der Waals surface area contributed by atoms with Gasteiger partial charge in [-0.1, -0.05) is 56.2 Å². The average molecular weight is 370 g/mol. The average Bonchev–Trinajstić information content (AvgIpc) is 2.88. The highest BCUT2D eigenvalue weighted by Crippen LogP contribution is 2.26. The molecule has 27 heavy (non-hydrogen) atoms. The first-order valence-electron chi connectivity index (χ1n) is 9.37. The molecule has 144 valence electrons. The zero-order valence-corrected chi connectivity index (χ0v) is 15.8. The van der Waals surface area contributed by atoms with Crippen molar-refractivity contribution in [2.75, 3.05) is 13.2 Å². The number of carbonyl (C=O) groups excluding carboxylic acids is 2. The highest BCUT2D eigenvalue weighted by atomic mass is 16.5. The van der Waals surface area contributed by atoms with E-state index in [2.05, 4.69) is 5.32 Å². The molecular weight excluding hydrogens is 344 g/mol. The number of ether oxygens (including phenoxy) is 1. The van der Waals surface area contributed by atoms with Crippen molar-refractivity contribution in [1.29, 1.82) is 0 Å². The Hall–Kier alpha value is -2.60. The molecule has 1 aliphatic rings. The molecule has 1 saturated heterocycles. The Morgan fingerprint density at radius 2 is 1.93 bits per heavy atom. The Balaban J connectivity index is 1.61. The standard InChI is InChI=1S/C21H26N2O4/c1-3-4-12-21(2)19(25)23(20(26)22-21)13-16(24)14-27-18-11-7-9-15-8-5-6-10-17(15)18/h5-11,16,24H,3-4,12-14H2,1-2H3,(H,22,26). The van der Waals surface area contributed by atoms with E-state index in [1.165, 1.54) is 0 Å². The van der Waals surface area contributed by atoms with Crippen LogP contribution in [0.5, 0.6) is 5.75 Å². The molecule has 0 aromatic heterocycles. The molecule has 0 bridgehead atoms. The van der Waals surface area contributed by atoms with E-state index in [1.54, 1.807) is 6.92 Å². The SMILES string of the molecule is CCCCC1(C)NC(=O)N(CC(O)COc2cccc3ccccc23)C1=O. The largest absolute Gasteiger partial charge is 0.490 e. The minimum atomic E-state index is -0.966. The van der Waals surface area contributed by atoms with Gasteiger partial charge in [0.15, 0.2) is 0 Å². The minimum absolute atomic E-state index is 0.00323. The summed E-state index contributed by atoms with van der Waals surface area (Å²) in [5.74, 6) is 0.377. The third-order valence-corrected chi connectivity index (χ3v) is 4.95. The maximum absolute atomic E-state index is 12.6. The van der Waals surface area contributed by atoms with Gasteiger partial charge in [0, 0.05) is 5.39 Å². The Labute approximate surface area is 159 Å². The molecule has 0 spiro atoms. The Morgan fingerprint density at radius 3 is 2.70 bits per heavy atom. The smallest absolute Gasteiger partial charge is 0.325 e. The molecule has 2 aromatic carbocycles. The maximum atomic E-state index is 12.6. The molecular formula is C21H26N2O4. The van der Waals surface area contributed by atoms with Gasteiger partial charge in [-0.2, -0.15) is 0 Å². The first-order chi connectivity index (χ1) is 12.9. The summed E-state index contributed by atoms with van der Waals surface area (Å²) in [6, 6.07) is 13.1. The fourth-order valence-corrected chi connectivity index (χ4v) is 3.38. The maximum Gasteiger partial charge on any atom is 0.325 e. The second-order valence-corrected chi connectivity index (χ2v) is 7.22. The number of carbonyl (C=O) groups is 2. The van der Waals surface area contributed by atoms with Gasteiger partial charge in [-0.05, 0) is 24.8 Å². The van der Waals surface area contributed by atoms with E-state index in [4.69, 9.17) is 4.74 Å². The molecule has 1 heterocycles. The number of unbranched alkanes of at least 4 members (excludes halogenated alkanes) is 1. The monoisotopic (exact) mass is 370 g/mol. The van der Waals surface area contributed by atoms with Gasteiger partial charge in [-0.25, -0.2) is 4.79 Å². The van der Waals surface area contributed by atoms with Crippen molar-refractivity contribution in [3.05, 3.63) is 42.5 Å². The van der Waals surface area contributed by atoms with Crippen molar-refractivity contribution < 1.29 is 19.4 Å². The van der Waals surface area contributed by atoms with Crippen LogP contribution < -0.4 is 10.1 Å². The van der Waals surface area contributed by atoms with E-state index in [0.29, 0.717) is 12.2 Å². The zero-order chi connectivity index (χ0) is 19.4. The second kappa shape index (κ2) is 7.96. The second-order valence-electron chi connectivity index (χ2n) is 7.22. The topological polar surface area (TPSA) is 78.9 Å². The van der Waals surface area contributed by atoms with Crippen LogP contribution in [0.4, 0.5) is 4.79 Å². The number of rotatable bonds is 8. The summed E-state index contributed by atoms with van der Waals surface area (Å²) in [6.07, 6.45) is 1.42. The number of nitrogens with zero attached hydrogens (tertiary/aromatic N) is 1. The van der Waals surface area contributed by atoms with Gasteiger partial charge in [0.1, 0.15) is 24.0 Å². The first-order valence-corrected chi connectivity index (χ1v) is 9.37. The lowest BCUT2D eigenvalue weighted by molar-refractivity contribution is -0.132. The number of hydrogen-bond donors (Lipinski definition) is 2. The lowest BCUT2D eigenvalue weighted by Crippen LogP contribution is -2.44. The number of amides is 3. The fraction of sp³-hybridized carbons (Fsp3) is 0.429. The van der Waals surface area contributed by atoms with E-state index in [-0.39, 0.29) is 19.1 Å². The minimum Gasteiger partial charge on any atom is -0.490 e. The van der Waals surface area contributed by atoms with E-state index < -0.39 is 17.7 Å². The van der Waals surface area contributed by atoms with Gasteiger partial charge in [0.25, 0.3) is 5.91 Å². The summed E-state index contributed by atoms with van der Waals surface area (Å²) in [5, 5.41) is 15.1. The van der Waals surface area contributed by atoms with Crippen LogP contribution in [0.15, 0.2) is 42.5 Å². The molecule has 2 atom stereocenters. The molecule has 6 nitrogen and oxygen atoms in total. The van der Waals surface area contributed by atoms with Crippen LogP contribution in [0, 0.1) is 0 Å². The van der Waals surface area contributed by atoms with E-state index in [9.17, 15) is 14.7 Å². The highest BCUT2D eigenvalue weighted by molar-refractivity contribution is 6.06. The van der Waals surface area contributed by atoms with Crippen molar-refractivity contribution in [3.63, 3.8) is 0 Å². The molecule has 6 heteroatoms. The molecule has 0 radical (unpaired) electrons. The highest BCUT2D eigenvalue weighted by Gasteiger charge is 2.47. The molecule has 1 fully saturated rings. The summed E-state index contributed by atoms with van der Waals surface area (Å²) >= 11 is 0. The number of aliphatic hydroxyl groups is 1. The van der Waals surface area contributed by atoms with E-state index in [0.717, 1.165) is 28.5 Å². The molecule has 2 N–H and O–H groups in total. The first kappa shape index (κ1) is 19.2. The van der Waals surface area contributed by atoms with Crippen LogP contribution in [0.3, 0.4) is 0 Å². The summed E-state index contributed by atoms with van der Waals surface area (Å²) in [7, 11) is 0. The van der Waals surface area contributed by atoms with Gasteiger partial charge in [-0.3, -0.25) is 9.69 Å². The number of nitrogens with one attached hydrogen (secondary N) is 1.